The van der Waals surface area contributed by atoms with E-state index in [9.17, 15) is 12.8 Å². The Morgan fingerprint density at radius 3 is 2.37 bits per heavy atom. The molecule has 0 aromatic heterocycles. The molecule has 0 fully saturated rings. The number of sulfonamides is 1. The van der Waals surface area contributed by atoms with Crippen molar-refractivity contribution in [3.05, 3.63) is 58.9 Å². The van der Waals surface area contributed by atoms with Crippen molar-refractivity contribution in [1.29, 1.82) is 0 Å². The first-order valence-electron chi connectivity index (χ1n) is 5.43. The lowest BCUT2D eigenvalue weighted by atomic mass is 10.2. The van der Waals surface area contributed by atoms with Gasteiger partial charge in [-0.05, 0) is 48.9 Å². The maximum atomic E-state index is 12.8. The second-order valence-corrected chi connectivity index (χ2v) is 6.06. The largest absolute Gasteiger partial charge is 0.279 e. The summed E-state index contributed by atoms with van der Waals surface area (Å²) in [6, 6.07) is 9.54. The van der Waals surface area contributed by atoms with E-state index in [4.69, 9.17) is 11.6 Å². The SMILES string of the molecule is Cc1c(Cl)cccc1NS(=O)(=O)c1ccc(F)cc1. The molecule has 19 heavy (non-hydrogen) atoms. The molecule has 0 bridgehead atoms. The highest BCUT2D eigenvalue weighted by molar-refractivity contribution is 7.92. The lowest BCUT2D eigenvalue weighted by molar-refractivity contribution is 0.599. The first kappa shape index (κ1) is 13.8. The molecule has 6 heteroatoms. The molecule has 1 N–H and O–H groups in total. The Hall–Kier alpha value is -1.59. The predicted octanol–water partition coefficient (Wildman–Crippen LogP) is 3.59. The van der Waals surface area contributed by atoms with Gasteiger partial charge in [0.15, 0.2) is 0 Å². The molecule has 0 atom stereocenters. The summed E-state index contributed by atoms with van der Waals surface area (Å²) < 4.78 is 39.4. The van der Waals surface area contributed by atoms with Gasteiger partial charge in [-0.2, -0.15) is 0 Å². The van der Waals surface area contributed by atoms with Crippen molar-refractivity contribution in [2.75, 3.05) is 4.72 Å². The second kappa shape index (κ2) is 5.19. The third kappa shape index (κ3) is 3.05. The monoisotopic (exact) mass is 299 g/mol. The number of anilines is 1. The summed E-state index contributed by atoms with van der Waals surface area (Å²) in [6.07, 6.45) is 0. The molecule has 0 aliphatic carbocycles. The Morgan fingerprint density at radius 1 is 1.11 bits per heavy atom. The summed E-state index contributed by atoms with van der Waals surface area (Å²) in [7, 11) is -3.74. The van der Waals surface area contributed by atoms with Crippen LogP contribution in [0.1, 0.15) is 5.56 Å². The van der Waals surface area contributed by atoms with E-state index in [0.717, 1.165) is 12.1 Å². The van der Waals surface area contributed by atoms with Crippen LogP contribution in [0.3, 0.4) is 0 Å². The van der Waals surface area contributed by atoms with E-state index in [2.05, 4.69) is 4.72 Å². The van der Waals surface area contributed by atoms with Crippen molar-refractivity contribution in [3.8, 4) is 0 Å². The fourth-order valence-corrected chi connectivity index (χ4v) is 2.83. The van der Waals surface area contributed by atoms with E-state index in [1.807, 2.05) is 0 Å². The first-order chi connectivity index (χ1) is 8.90. The molecule has 0 saturated carbocycles. The average molecular weight is 300 g/mol. The molecular weight excluding hydrogens is 289 g/mol. The standard InChI is InChI=1S/C13H11ClFNO2S/c1-9-12(14)3-2-4-13(9)16-19(17,18)11-7-5-10(15)6-8-11/h2-8,16H,1H3. The molecule has 2 aromatic rings. The van der Waals surface area contributed by atoms with E-state index < -0.39 is 15.8 Å². The Bertz CT molecular complexity index is 699. The van der Waals surface area contributed by atoms with Crippen molar-refractivity contribution in [3.63, 3.8) is 0 Å². The first-order valence-corrected chi connectivity index (χ1v) is 7.30. The minimum atomic E-state index is -3.74. The predicted molar refractivity (Wildman–Crippen MR) is 73.4 cm³/mol. The Labute approximate surface area is 116 Å². The molecule has 2 rings (SSSR count). The lowest BCUT2D eigenvalue weighted by Gasteiger charge is -2.11. The minimum Gasteiger partial charge on any atom is -0.279 e. The van der Waals surface area contributed by atoms with Gasteiger partial charge in [-0.25, -0.2) is 12.8 Å². The van der Waals surface area contributed by atoms with Crippen LogP contribution in [0.2, 0.25) is 5.02 Å². The zero-order chi connectivity index (χ0) is 14.0. The zero-order valence-corrected chi connectivity index (χ0v) is 11.6. The molecule has 2 aromatic carbocycles. The summed E-state index contributed by atoms with van der Waals surface area (Å²) in [5.41, 5.74) is 1.03. The third-order valence-electron chi connectivity index (χ3n) is 2.64. The van der Waals surface area contributed by atoms with Crippen molar-refractivity contribution in [1.82, 2.24) is 0 Å². The average Bonchev–Trinajstić information content (AvgIpc) is 2.35. The zero-order valence-electron chi connectivity index (χ0n) is 10.0. The van der Waals surface area contributed by atoms with Gasteiger partial charge in [0.1, 0.15) is 5.82 Å². The Morgan fingerprint density at radius 2 is 1.74 bits per heavy atom. The van der Waals surface area contributed by atoms with Gasteiger partial charge >= 0.3 is 0 Å². The lowest BCUT2D eigenvalue weighted by Crippen LogP contribution is -2.13. The number of hydrogen-bond acceptors (Lipinski definition) is 2. The van der Waals surface area contributed by atoms with Gasteiger partial charge in [-0.15, -0.1) is 0 Å². The Kier molecular flexibility index (Phi) is 3.78. The van der Waals surface area contributed by atoms with E-state index in [1.54, 1.807) is 25.1 Å². The summed E-state index contributed by atoms with van der Waals surface area (Å²) in [6.45, 7) is 1.71. The van der Waals surface area contributed by atoms with Crippen LogP contribution in [0.25, 0.3) is 0 Å². The van der Waals surface area contributed by atoms with Crippen LogP contribution in [0.15, 0.2) is 47.4 Å². The summed E-state index contributed by atoms with van der Waals surface area (Å²) in [5, 5.41) is 0.472. The minimum absolute atomic E-state index is 0.00623. The normalized spacial score (nSPS) is 11.3. The maximum Gasteiger partial charge on any atom is 0.261 e. The van der Waals surface area contributed by atoms with Crippen LogP contribution in [0, 0.1) is 12.7 Å². The molecule has 0 unspecified atom stereocenters. The van der Waals surface area contributed by atoms with Crippen molar-refractivity contribution < 1.29 is 12.8 Å². The summed E-state index contributed by atoms with van der Waals surface area (Å²) in [5.74, 6) is -0.488. The van der Waals surface area contributed by atoms with E-state index >= 15 is 0 Å². The number of halogens is 2. The summed E-state index contributed by atoms with van der Waals surface area (Å²) >= 11 is 5.93. The van der Waals surface area contributed by atoms with E-state index in [0.29, 0.717) is 16.3 Å². The van der Waals surface area contributed by atoms with Crippen LogP contribution in [-0.2, 0) is 10.0 Å². The Balaban J connectivity index is 2.36. The highest BCUT2D eigenvalue weighted by Gasteiger charge is 2.15. The molecule has 0 heterocycles. The fourth-order valence-electron chi connectivity index (χ4n) is 1.54. The molecule has 0 spiro atoms. The van der Waals surface area contributed by atoms with Crippen molar-refractivity contribution >= 4 is 27.3 Å². The van der Waals surface area contributed by atoms with Crippen LogP contribution in [-0.4, -0.2) is 8.42 Å². The van der Waals surface area contributed by atoms with Crippen LogP contribution >= 0.6 is 11.6 Å². The molecule has 0 radical (unpaired) electrons. The molecule has 0 aliphatic rings. The van der Waals surface area contributed by atoms with Gasteiger partial charge in [0.05, 0.1) is 10.6 Å². The summed E-state index contributed by atoms with van der Waals surface area (Å²) in [4.78, 5) is -0.00623. The van der Waals surface area contributed by atoms with E-state index in [-0.39, 0.29) is 4.90 Å². The third-order valence-corrected chi connectivity index (χ3v) is 4.43. The molecule has 0 aliphatic heterocycles. The molecular formula is C13H11ClFNO2S. The second-order valence-electron chi connectivity index (χ2n) is 3.97. The highest BCUT2D eigenvalue weighted by atomic mass is 35.5. The number of nitrogens with one attached hydrogen (secondary N) is 1. The van der Waals surface area contributed by atoms with Crippen LogP contribution < -0.4 is 4.72 Å². The smallest absolute Gasteiger partial charge is 0.261 e. The number of benzene rings is 2. The van der Waals surface area contributed by atoms with Gasteiger partial charge in [-0.3, -0.25) is 4.72 Å². The van der Waals surface area contributed by atoms with Gasteiger partial charge in [0.2, 0.25) is 0 Å². The molecule has 3 nitrogen and oxygen atoms in total. The number of hydrogen-bond donors (Lipinski definition) is 1. The van der Waals surface area contributed by atoms with Gasteiger partial charge < -0.3 is 0 Å². The maximum absolute atomic E-state index is 12.8. The molecule has 0 saturated heterocycles. The van der Waals surface area contributed by atoms with E-state index in [1.165, 1.54) is 12.1 Å². The van der Waals surface area contributed by atoms with Crippen LogP contribution in [0.4, 0.5) is 10.1 Å². The van der Waals surface area contributed by atoms with Crippen molar-refractivity contribution in [2.24, 2.45) is 0 Å². The van der Waals surface area contributed by atoms with Gasteiger partial charge in [-0.1, -0.05) is 17.7 Å². The number of rotatable bonds is 3. The van der Waals surface area contributed by atoms with Crippen molar-refractivity contribution in [2.45, 2.75) is 11.8 Å². The topological polar surface area (TPSA) is 46.2 Å². The fraction of sp³-hybridized carbons (Fsp3) is 0.0769. The highest BCUT2D eigenvalue weighted by Crippen LogP contribution is 2.25. The van der Waals surface area contributed by atoms with Gasteiger partial charge in [0, 0.05) is 5.02 Å². The van der Waals surface area contributed by atoms with Gasteiger partial charge in [0.25, 0.3) is 10.0 Å². The molecule has 100 valence electrons. The van der Waals surface area contributed by atoms with Crippen LogP contribution in [0.5, 0.6) is 0 Å². The quantitative estimate of drug-likeness (QED) is 0.941. The molecule has 0 amide bonds.